The summed E-state index contributed by atoms with van der Waals surface area (Å²) in [6.45, 7) is 4.38. The minimum Gasteiger partial charge on any atom is -1.00 e. The van der Waals surface area contributed by atoms with Crippen LogP contribution in [0.15, 0.2) is 53.4 Å². The van der Waals surface area contributed by atoms with Gasteiger partial charge in [0.1, 0.15) is 5.75 Å². The van der Waals surface area contributed by atoms with Crippen LogP contribution in [-0.2, 0) is 24.6 Å². The molecule has 1 N–H and O–H groups in total. The second kappa shape index (κ2) is 13.1. The van der Waals surface area contributed by atoms with Gasteiger partial charge in [0, 0.05) is 4.90 Å². The van der Waals surface area contributed by atoms with Crippen LogP contribution in [0, 0.1) is 0 Å². The molecule has 0 heterocycles. The largest absolute Gasteiger partial charge is 2.00 e. The third kappa shape index (κ3) is 9.31. The maximum Gasteiger partial charge on any atom is 2.00 e. The number of hydrogen-bond donors (Lipinski definition) is 1. The fourth-order valence-corrected chi connectivity index (χ4v) is 6.00. The minimum atomic E-state index is -2.96. The normalized spacial score (nSPS) is 12.9. The van der Waals surface area contributed by atoms with Crippen molar-refractivity contribution in [2.75, 3.05) is 0 Å². The Labute approximate surface area is 210 Å². The van der Waals surface area contributed by atoms with Crippen LogP contribution in [0.4, 0.5) is 0 Å². The van der Waals surface area contributed by atoms with Crippen molar-refractivity contribution in [2.24, 2.45) is 0 Å². The van der Waals surface area contributed by atoms with E-state index >= 15 is 0 Å². The van der Waals surface area contributed by atoms with Crippen LogP contribution in [0.25, 0.3) is 0 Å². The number of aryl methyl sites for hydroxylation is 2. The topological polar surface area (TPSA) is 29.5 Å². The first-order valence-electron chi connectivity index (χ1n) is 8.92. The molecule has 140 valence electrons. The van der Waals surface area contributed by atoms with Crippen LogP contribution < -0.4 is 4.52 Å². The molecule has 2 nitrogen and oxygen atoms in total. The van der Waals surface area contributed by atoms with Crippen molar-refractivity contribution in [1.82, 2.24) is 0 Å². The van der Waals surface area contributed by atoms with E-state index in [0.717, 1.165) is 17.7 Å². The molecule has 0 aliphatic heterocycles. The molecular formula is C20H29BaO2PS2. The van der Waals surface area contributed by atoms with Crippen molar-refractivity contribution in [3.05, 3.63) is 59.7 Å². The van der Waals surface area contributed by atoms with Crippen molar-refractivity contribution in [3.8, 4) is 5.75 Å². The van der Waals surface area contributed by atoms with Gasteiger partial charge in [0.2, 0.25) is 0 Å². The average molecular weight is 534 g/mol. The minimum absolute atomic E-state index is 0. The summed E-state index contributed by atoms with van der Waals surface area (Å²) < 4.78 is 5.70. The van der Waals surface area contributed by atoms with E-state index < -0.39 is 5.69 Å². The van der Waals surface area contributed by atoms with Crippen LogP contribution in [0.1, 0.15) is 53.5 Å². The van der Waals surface area contributed by atoms with E-state index in [0.29, 0.717) is 5.75 Å². The standard InChI is InChI=1S/C20H27O2PS2.Ba.2H/c1-3-5-7-17-9-13-19(14-10-17)22-23(21,24)25-20-15-11-18(12-16-20)8-6-4-2;;;/h9-16H,3-8H2,1-2H3,(H,21,24);;;/q;+2;2*-1. The molecule has 0 aliphatic rings. The third-order valence-corrected chi connectivity index (χ3v) is 7.52. The number of benzene rings is 2. The van der Waals surface area contributed by atoms with Crippen LogP contribution >= 0.6 is 17.1 Å². The molecule has 0 bridgehead atoms. The smallest absolute Gasteiger partial charge is 1.00 e. The fourth-order valence-electron chi connectivity index (χ4n) is 2.48. The zero-order valence-electron chi connectivity index (χ0n) is 17.7. The van der Waals surface area contributed by atoms with E-state index in [4.69, 9.17) is 16.3 Å². The van der Waals surface area contributed by atoms with E-state index in [1.807, 2.05) is 36.4 Å². The maximum atomic E-state index is 10.5. The predicted octanol–water partition coefficient (Wildman–Crippen LogP) is 6.60. The molecule has 0 aliphatic carbocycles. The molecule has 6 heteroatoms. The Kier molecular flexibility index (Phi) is 12.5. The van der Waals surface area contributed by atoms with Crippen molar-refractivity contribution in [1.29, 1.82) is 0 Å². The number of rotatable bonds is 10. The van der Waals surface area contributed by atoms with Gasteiger partial charge in [0.05, 0.1) is 0 Å². The molecule has 0 saturated carbocycles. The first-order chi connectivity index (χ1) is 12.0. The summed E-state index contributed by atoms with van der Waals surface area (Å²) in [5, 5.41) is 0. The van der Waals surface area contributed by atoms with Gasteiger partial charge in [0.25, 0.3) is 5.69 Å². The molecular weight excluding hydrogens is 505 g/mol. The van der Waals surface area contributed by atoms with Gasteiger partial charge in [-0.25, -0.2) is 0 Å². The summed E-state index contributed by atoms with van der Waals surface area (Å²) in [5.74, 6) is 0.637. The number of unbranched alkanes of at least 4 members (excludes halogenated alkanes) is 2. The van der Waals surface area contributed by atoms with Gasteiger partial charge in [-0.3, -0.25) is 0 Å². The summed E-state index contributed by atoms with van der Waals surface area (Å²) in [4.78, 5) is 11.5. The van der Waals surface area contributed by atoms with Crippen molar-refractivity contribution in [3.63, 3.8) is 0 Å². The summed E-state index contributed by atoms with van der Waals surface area (Å²) in [7, 11) is 0. The van der Waals surface area contributed by atoms with E-state index in [-0.39, 0.29) is 51.7 Å². The SMILES string of the molecule is CCCCc1ccc(OP(O)(=S)Sc2ccc(CCCC)cc2)cc1.[Ba+2].[H-].[H-]. The first-order valence-corrected chi connectivity index (χ1v) is 13.0. The second-order valence-corrected chi connectivity index (χ2v) is 12.1. The van der Waals surface area contributed by atoms with Crippen LogP contribution in [-0.4, -0.2) is 53.8 Å². The second-order valence-electron chi connectivity index (χ2n) is 6.15. The first kappa shape index (κ1) is 24.8. The van der Waals surface area contributed by atoms with Gasteiger partial charge in [0.15, 0.2) is 0 Å². The van der Waals surface area contributed by atoms with Crippen molar-refractivity contribution >= 4 is 77.8 Å². The summed E-state index contributed by atoms with van der Waals surface area (Å²) in [6.07, 6.45) is 6.92. The fraction of sp³-hybridized carbons (Fsp3) is 0.400. The predicted molar refractivity (Wildman–Crippen MR) is 121 cm³/mol. The Morgan fingerprint density at radius 2 is 1.38 bits per heavy atom. The van der Waals surface area contributed by atoms with Crippen molar-refractivity contribution < 1.29 is 12.3 Å². The molecule has 0 saturated heterocycles. The van der Waals surface area contributed by atoms with E-state index in [1.54, 1.807) is 0 Å². The monoisotopic (exact) mass is 534 g/mol. The quantitative estimate of drug-likeness (QED) is 0.275. The van der Waals surface area contributed by atoms with Gasteiger partial charge < -0.3 is 12.3 Å². The zero-order valence-corrected chi connectivity index (χ0v) is 22.7. The average Bonchev–Trinajstić information content (AvgIpc) is 2.60. The van der Waals surface area contributed by atoms with Gasteiger partial charge in [-0.1, -0.05) is 51.0 Å². The Morgan fingerprint density at radius 3 is 1.85 bits per heavy atom. The van der Waals surface area contributed by atoms with Gasteiger partial charge >= 0.3 is 48.9 Å². The third-order valence-electron chi connectivity index (χ3n) is 3.93. The molecule has 0 radical (unpaired) electrons. The van der Waals surface area contributed by atoms with E-state index in [9.17, 15) is 4.89 Å². The Balaban J connectivity index is 0. The molecule has 1 atom stereocenters. The number of hydrogen-bond acceptors (Lipinski definition) is 3. The summed E-state index contributed by atoms with van der Waals surface area (Å²) in [6, 6.07) is 16.1. The van der Waals surface area contributed by atoms with Crippen molar-refractivity contribution in [2.45, 2.75) is 57.3 Å². The molecule has 2 aromatic carbocycles. The molecule has 26 heavy (non-hydrogen) atoms. The molecule has 0 fully saturated rings. The van der Waals surface area contributed by atoms with Crippen LogP contribution in [0.2, 0.25) is 0 Å². The van der Waals surface area contributed by atoms with Gasteiger partial charge in [-0.2, -0.15) is 0 Å². The summed E-state index contributed by atoms with van der Waals surface area (Å²) in [5.41, 5.74) is -0.351. The molecule has 0 aromatic heterocycles. The Bertz CT molecular complexity index is 643. The van der Waals surface area contributed by atoms with Crippen LogP contribution in [0.5, 0.6) is 5.75 Å². The Morgan fingerprint density at radius 1 is 0.923 bits per heavy atom. The zero-order chi connectivity index (χ0) is 18.1. The molecule has 1 unspecified atom stereocenters. The van der Waals surface area contributed by atoms with Gasteiger partial charge in [-0.05, 0) is 84.3 Å². The molecule has 0 spiro atoms. The van der Waals surface area contributed by atoms with E-state index in [2.05, 4.69) is 26.0 Å². The Hall–Kier alpha value is 0.771. The molecule has 2 rings (SSSR count). The van der Waals surface area contributed by atoms with Gasteiger partial charge in [-0.15, -0.1) is 0 Å². The summed E-state index contributed by atoms with van der Waals surface area (Å²) >= 11 is 6.57. The van der Waals surface area contributed by atoms with E-state index in [1.165, 1.54) is 48.2 Å². The maximum absolute atomic E-state index is 10.5. The van der Waals surface area contributed by atoms with Crippen LogP contribution in [0.3, 0.4) is 0 Å². The molecule has 2 aromatic rings. The molecule has 0 amide bonds.